The Bertz CT molecular complexity index is 90.7. The van der Waals surface area contributed by atoms with Crippen LogP contribution in [0.2, 0.25) is 0 Å². The van der Waals surface area contributed by atoms with Crippen molar-refractivity contribution in [1.82, 2.24) is 0 Å². The highest BCUT2D eigenvalue weighted by Gasteiger charge is 1.90. The highest BCUT2D eigenvalue weighted by atomic mass is 32.2. The molecule has 1 heteroatoms. The maximum atomic E-state index is 3.79. The number of rotatable bonds is 1. The van der Waals surface area contributed by atoms with E-state index in [-0.39, 0.29) is 10.9 Å². The molecule has 7 heavy (non-hydrogen) atoms. The van der Waals surface area contributed by atoms with Crippen LogP contribution in [0, 0.1) is 6.92 Å². The molecule has 0 fully saturated rings. The summed E-state index contributed by atoms with van der Waals surface area (Å²) in [7, 11) is 0.0849. The summed E-state index contributed by atoms with van der Waals surface area (Å²) >= 11 is 0. The SMILES string of the molecule is [CH2]C[SH]1C=CC=C1. The normalized spacial score (nSPS) is 21.6. The second-order valence-corrected chi connectivity index (χ2v) is 3.49. The average molecular weight is 113 g/mol. The molecule has 0 spiro atoms. The van der Waals surface area contributed by atoms with Crippen molar-refractivity contribution >= 4 is 10.9 Å². The minimum Gasteiger partial charge on any atom is -0.213 e. The zero-order chi connectivity index (χ0) is 5.11. The highest BCUT2D eigenvalue weighted by Crippen LogP contribution is 2.31. The first kappa shape index (κ1) is 4.98. The number of allylic oxidation sites excluding steroid dienone is 2. The lowest BCUT2D eigenvalue weighted by atomic mass is 10.6. The van der Waals surface area contributed by atoms with E-state index in [0.29, 0.717) is 0 Å². The number of hydrogen-bond acceptors (Lipinski definition) is 0. The van der Waals surface area contributed by atoms with Gasteiger partial charge in [0.2, 0.25) is 0 Å². The van der Waals surface area contributed by atoms with Gasteiger partial charge in [-0.2, -0.15) is 0 Å². The van der Waals surface area contributed by atoms with E-state index in [4.69, 9.17) is 0 Å². The minimum atomic E-state index is 0.0849. The maximum Gasteiger partial charge on any atom is -0.0185 e. The van der Waals surface area contributed by atoms with Gasteiger partial charge in [0.05, 0.1) is 0 Å². The Morgan fingerprint density at radius 1 is 1.29 bits per heavy atom. The Labute approximate surface area is 47.3 Å². The van der Waals surface area contributed by atoms with E-state index in [1.165, 1.54) is 0 Å². The summed E-state index contributed by atoms with van der Waals surface area (Å²) < 4.78 is 0. The maximum absolute atomic E-state index is 3.79. The molecule has 1 heterocycles. The molecular formula is C6H9S. The highest BCUT2D eigenvalue weighted by molar-refractivity contribution is 8.22. The predicted molar refractivity (Wildman–Crippen MR) is 37.5 cm³/mol. The van der Waals surface area contributed by atoms with Crippen molar-refractivity contribution in [3.63, 3.8) is 0 Å². The molecule has 0 bridgehead atoms. The fourth-order valence-corrected chi connectivity index (χ4v) is 1.56. The van der Waals surface area contributed by atoms with Crippen LogP contribution in [0.3, 0.4) is 0 Å². The Morgan fingerprint density at radius 3 is 2.14 bits per heavy atom. The van der Waals surface area contributed by atoms with Gasteiger partial charge >= 0.3 is 0 Å². The molecule has 0 N–H and O–H groups in total. The topological polar surface area (TPSA) is 0 Å². The zero-order valence-electron chi connectivity index (χ0n) is 4.17. The smallest absolute Gasteiger partial charge is 0.0185 e. The third-order valence-electron chi connectivity index (χ3n) is 0.924. The molecule has 39 valence electrons. The first-order valence-corrected chi connectivity index (χ1v) is 4.00. The molecule has 0 aliphatic carbocycles. The molecule has 1 aliphatic rings. The van der Waals surface area contributed by atoms with Crippen molar-refractivity contribution in [3.05, 3.63) is 29.9 Å². The van der Waals surface area contributed by atoms with Crippen molar-refractivity contribution in [2.75, 3.05) is 5.75 Å². The molecule has 1 radical (unpaired) electrons. The Balaban J connectivity index is 2.44. The molecule has 0 amide bonds. The summed E-state index contributed by atoms with van der Waals surface area (Å²) in [6.45, 7) is 3.79. The van der Waals surface area contributed by atoms with Crippen LogP contribution in [0.4, 0.5) is 0 Å². The monoisotopic (exact) mass is 113 g/mol. The zero-order valence-corrected chi connectivity index (χ0v) is 5.07. The molecule has 0 unspecified atom stereocenters. The third kappa shape index (κ3) is 1.10. The summed E-state index contributed by atoms with van der Waals surface area (Å²) in [6.07, 6.45) is 4.19. The second kappa shape index (κ2) is 2.22. The molecule has 1 aliphatic heterocycles. The minimum absolute atomic E-state index is 0.0849. The molecule has 0 saturated heterocycles. The fourth-order valence-electron chi connectivity index (χ4n) is 0.519. The summed E-state index contributed by atoms with van der Waals surface area (Å²) in [4.78, 5) is 0. The van der Waals surface area contributed by atoms with Gasteiger partial charge in [-0.1, -0.05) is 12.2 Å². The Kier molecular flexibility index (Phi) is 1.58. The standard InChI is InChI=1S/C6H9S/c1-2-7-5-3-4-6-7/h3-7H,1-2H2. The predicted octanol–water partition coefficient (Wildman–Crippen LogP) is 1.86. The van der Waals surface area contributed by atoms with Gasteiger partial charge in [-0.15, -0.1) is 0 Å². The van der Waals surface area contributed by atoms with E-state index in [2.05, 4.69) is 29.9 Å². The molecule has 0 saturated carbocycles. The average Bonchev–Trinajstić information content (AvgIpc) is 2.14. The van der Waals surface area contributed by atoms with Gasteiger partial charge < -0.3 is 0 Å². The second-order valence-electron chi connectivity index (χ2n) is 1.42. The summed E-state index contributed by atoms with van der Waals surface area (Å²) in [5.74, 6) is 1.06. The van der Waals surface area contributed by atoms with Crippen LogP contribution < -0.4 is 0 Å². The van der Waals surface area contributed by atoms with Crippen LogP contribution >= 0.6 is 10.9 Å². The van der Waals surface area contributed by atoms with Crippen LogP contribution in [-0.2, 0) is 0 Å². The van der Waals surface area contributed by atoms with Crippen molar-refractivity contribution in [2.45, 2.75) is 0 Å². The van der Waals surface area contributed by atoms with E-state index in [9.17, 15) is 0 Å². The van der Waals surface area contributed by atoms with Crippen LogP contribution in [0.5, 0.6) is 0 Å². The third-order valence-corrected chi connectivity index (χ3v) is 2.55. The van der Waals surface area contributed by atoms with Crippen molar-refractivity contribution in [3.8, 4) is 0 Å². The van der Waals surface area contributed by atoms with E-state index in [0.717, 1.165) is 5.75 Å². The molecule has 0 nitrogen and oxygen atoms in total. The lowest BCUT2D eigenvalue weighted by molar-refractivity contribution is 1.82. The van der Waals surface area contributed by atoms with Gasteiger partial charge in [0.25, 0.3) is 0 Å². The molecule has 0 aromatic rings. The van der Waals surface area contributed by atoms with Crippen LogP contribution in [0.1, 0.15) is 0 Å². The van der Waals surface area contributed by atoms with E-state index in [1.807, 2.05) is 0 Å². The molecule has 1 rings (SSSR count). The van der Waals surface area contributed by atoms with Gasteiger partial charge in [0, 0.05) is 0 Å². The summed E-state index contributed by atoms with van der Waals surface area (Å²) in [5, 5.41) is 4.45. The fraction of sp³-hybridized carbons (Fsp3) is 0.167. The Hall–Kier alpha value is -0.170. The van der Waals surface area contributed by atoms with Crippen molar-refractivity contribution < 1.29 is 0 Å². The Morgan fingerprint density at radius 2 is 1.86 bits per heavy atom. The largest absolute Gasteiger partial charge is 0.213 e. The summed E-state index contributed by atoms with van der Waals surface area (Å²) in [6, 6.07) is 0. The quantitative estimate of drug-likeness (QED) is 0.493. The van der Waals surface area contributed by atoms with Crippen LogP contribution in [0.15, 0.2) is 23.0 Å². The molecule has 0 atom stereocenters. The van der Waals surface area contributed by atoms with Gasteiger partial charge in [-0.05, 0) is 23.5 Å². The first-order chi connectivity index (χ1) is 3.43. The van der Waals surface area contributed by atoms with Crippen LogP contribution in [-0.4, -0.2) is 5.75 Å². The van der Waals surface area contributed by atoms with Crippen LogP contribution in [0.25, 0.3) is 0 Å². The van der Waals surface area contributed by atoms with E-state index >= 15 is 0 Å². The molecular weight excluding hydrogens is 104 g/mol. The number of hydrogen-bond donors (Lipinski definition) is 1. The van der Waals surface area contributed by atoms with Gasteiger partial charge in [-0.3, -0.25) is 0 Å². The lowest BCUT2D eigenvalue weighted by Gasteiger charge is -2.01. The first-order valence-electron chi connectivity index (χ1n) is 2.33. The van der Waals surface area contributed by atoms with Gasteiger partial charge in [0.15, 0.2) is 0 Å². The van der Waals surface area contributed by atoms with E-state index in [1.54, 1.807) is 0 Å². The van der Waals surface area contributed by atoms with Gasteiger partial charge in [-0.25, -0.2) is 10.9 Å². The van der Waals surface area contributed by atoms with Gasteiger partial charge in [0.1, 0.15) is 0 Å². The van der Waals surface area contributed by atoms with Crippen molar-refractivity contribution in [1.29, 1.82) is 0 Å². The number of thiol groups is 1. The van der Waals surface area contributed by atoms with E-state index < -0.39 is 0 Å². The lowest BCUT2D eigenvalue weighted by Crippen LogP contribution is -1.67. The molecule has 0 aromatic heterocycles. The molecule has 0 aromatic carbocycles. The summed E-state index contributed by atoms with van der Waals surface area (Å²) in [5.41, 5.74) is 0. The van der Waals surface area contributed by atoms with Crippen molar-refractivity contribution in [2.24, 2.45) is 0 Å².